The van der Waals surface area contributed by atoms with Crippen LogP contribution < -0.4 is 10.1 Å². The zero-order valence-corrected chi connectivity index (χ0v) is 21.6. The number of nitrogens with one attached hydrogen (secondary N) is 1. The van der Waals surface area contributed by atoms with Gasteiger partial charge >= 0.3 is 12.1 Å². The van der Waals surface area contributed by atoms with Crippen LogP contribution in [0.25, 0.3) is 16.9 Å². The van der Waals surface area contributed by atoms with Gasteiger partial charge in [0.2, 0.25) is 0 Å². The molecule has 3 aromatic rings. The van der Waals surface area contributed by atoms with Crippen molar-refractivity contribution in [1.29, 1.82) is 0 Å². The highest BCUT2D eigenvalue weighted by atomic mass is 19.4. The maximum atomic E-state index is 14.1. The Labute approximate surface area is 222 Å². The van der Waals surface area contributed by atoms with Gasteiger partial charge in [0.25, 0.3) is 5.91 Å². The third kappa shape index (κ3) is 4.51. The van der Waals surface area contributed by atoms with Crippen molar-refractivity contribution in [3.63, 3.8) is 0 Å². The lowest BCUT2D eigenvalue weighted by atomic mass is 9.47. The molecule has 0 radical (unpaired) electrons. The molecule has 4 aliphatic carbocycles. The molecule has 1 aromatic carbocycles. The molecule has 2 heterocycles. The van der Waals surface area contributed by atoms with Crippen LogP contribution in [0.3, 0.4) is 0 Å². The number of nitrogens with zero attached hydrogens (tertiary/aromatic N) is 3. The number of methoxy groups -OCH3 is 2. The van der Waals surface area contributed by atoms with E-state index in [1.165, 1.54) is 20.3 Å². The van der Waals surface area contributed by atoms with Crippen molar-refractivity contribution >= 4 is 17.5 Å². The molecule has 4 bridgehead atoms. The van der Waals surface area contributed by atoms with Gasteiger partial charge < -0.3 is 14.8 Å². The lowest BCUT2D eigenvalue weighted by Gasteiger charge is -2.58. The molecule has 206 valence electrons. The first kappa shape index (κ1) is 25.6. The summed E-state index contributed by atoms with van der Waals surface area (Å²) in [6.45, 7) is 0. The minimum atomic E-state index is -4.75. The molecule has 4 saturated carbocycles. The number of ether oxygens (including phenoxy) is 2. The van der Waals surface area contributed by atoms with E-state index in [9.17, 15) is 22.8 Å². The molecule has 0 spiro atoms. The van der Waals surface area contributed by atoms with E-state index in [1.54, 1.807) is 24.3 Å². The van der Waals surface area contributed by atoms with Gasteiger partial charge in [-0.2, -0.15) is 18.3 Å². The number of esters is 1. The fraction of sp³-hybridized carbons (Fsp3) is 0.500. The molecule has 11 heteroatoms. The smallest absolute Gasteiger partial charge is 0.433 e. The molecule has 1 atom stereocenters. The molecule has 2 aromatic heterocycles. The zero-order chi connectivity index (χ0) is 27.5. The Morgan fingerprint density at radius 2 is 1.64 bits per heavy atom. The second-order valence-corrected chi connectivity index (χ2v) is 11.3. The van der Waals surface area contributed by atoms with Crippen LogP contribution in [0.2, 0.25) is 0 Å². The van der Waals surface area contributed by atoms with Crippen LogP contribution in [0, 0.1) is 23.2 Å². The van der Waals surface area contributed by atoms with Crippen LogP contribution in [0.5, 0.6) is 5.75 Å². The largest absolute Gasteiger partial charge is 0.497 e. The Hall–Kier alpha value is -3.63. The second kappa shape index (κ2) is 9.24. The Bertz CT molecular complexity index is 1400. The van der Waals surface area contributed by atoms with Crippen LogP contribution in [0.4, 0.5) is 13.2 Å². The molecule has 0 aliphatic heterocycles. The van der Waals surface area contributed by atoms with Gasteiger partial charge in [-0.05, 0) is 86.6 Å². The summed E-state index contributed by atoms with van der Waals surface area (Å²) in [5.41, 5.74) is -1.34. The van der Waals surface area contributed by atoms with E-state index in [4.69, 9.17) is 9.47 Å². The summed E-state index contributed by atoms with van der Waals surface area (Å²) in [4.78, 5) is 30.7. The normalized spacial score (nSPS) is 26.4. The third-order valence-corrected chi connectivity index (χ3v) is 8.75. The van der Waals surface area contributed by atoms with E-state index in [0.717, 1.165) is 44.6 Å². The molecule has 4 fully saturated rings. The monoisotopic (exact) mass is 542 g/mol. The highest BCUT2D eigenvalue weighted by Gasteiger charge is 2.57. The fourth-order valence-electron chi connectivity index (χ4n) is 7.51. The van der Waals surface area contributed by atoms with E-state index < -0.39 is 35.2 Å². The molecule has 7 rings (SSSR count). The molecule has 39 heavy (non-hydrogen) atoms. The average molecular weight is 543 g/mol. The summed E-state index contributed by atoms with van der Waals surface area (Å²) in [5.74, 6) is 0.843. The maximum Gasteiger partial charge on any atom is 0.433 e. The van der Waals surface area contributed by atoms with Crippen LogP contribution in [-0.4, -0.2) is 46.7 Å². The minimum absolute atomic E-state index is 0.0744. The van der Waals surface area contributed by atoms with E-state index in [1.807, 2.05) is 0 Å². The van der Waals surface area contributed by atoms with E-state index in [-0.39, 0.29) is 17.0 Å². The van der Waals surface area contributed by atoms with Crippen LogP contribution in [-0.2, 0) is 15.7 Å². The zero-order valence-electron chi connectivity index (χ0n) is 21.6. The van der Waals surface area contributed by atoms with E-state index >= 15 is 0 Å². The standard InChI is InChI=1S/C28H29F3N4O4/c1-38-19-5-3-18(4-6-19)20-10-22(28(29,30)31)35-23(32-20)11-21(34-35)25(36)33-24(26(37)39-2)27-12-15-7-16(13-27)9-17(8-15)14-27/h3-6,10-11,15-17,24H,7-9,12-14H2,1-2H3,(H,33,36)/t15?,16?,17?,24-,27?/m1/s1. The summed E-state index contributed by atoms with van der Waals surface area (Å²) in [6.07, 6.45) is 1.18. The van der Waals surface area contributed by atoms with Gasteiger partial charge in [0.1, 0.15) is 11.8 Å². The highest BCUT2D eigenvalue weighted by Crippen LogP contribution is 2.61. The Morgan fingerprint density at radius 1 is 1.03 bits per heavy atom. The molecule has 0 unspecified atom stereocenters. The Morgan fingerprint density at radius 3 is 2.18 bits per heavy atom. The van der Waals surface area contributed by atoms with Gasteiger partial charge in [0.15, 0.2) is 17.0 Å². The number of hydrogen-bond acceptors (Lipinski definition) is 6. The summed E-state index contributed by atoms with van der Waals surface area (Å²) in [7, 11) is 2.78. The van der Waals surface area contributed by atoms with E-state index in [2.05, 4.69) is 15.4 Å². The maximum absolute atomic E-state index is 14.1. The second-order valence-electron chi connectivity index (χ2n) is 11.3. The van der Waals surface area contributed by atoms with Gasteiger partial charge in [0, 0.05) is 17.0 Å². The number of halogens is 3. The summed E-state index contributed by atoms with van der Waals surface area (Å²) in [5, 5.41) is 6.78. The van der Waals surface area contributed by atoms with Gasteiger partial charge in [-0.25, -0.2) is 14.3 Å². The molecular formula is C28H29F3N4O4. The lowest BCUT2D eigenvalue weighted by Crippen LogP contribution is -2.60. The van der Waals surface area contributed by atoms with Crippen molar-refractivity contribution in [3.8, 4) is 17.0 Å². The van der Waals surface area contributed by atoms with Gasteiger partial charge in [-0.15, -0.1) is 0 Å². The number of aromatic nitrogens is 3. The molecule has 8 nitrogen and oxygen atoms in total. The van der Waals surface area contributed by atoms with Crippen LogP contribution in [0.1, 0.15) is 54.7 Å². The highest BCUT2D eigenvalue weighted by molar-refractivity contribution is 5.96. The Balaban J connectivity index is 1.35. The van der Waals surface area contributed by atoms with Gasteiger partial charge in [0.05, 0.1) is 19.9 Å². The quantitative estimate of drug-likeness (QED) is 0.445. The summed E-state index contributed by atoms with van der Waals surface area (Å²) in [6, 6.07) is 7.69. The van der Waals surface area contributed by atoms with Crippen molar-refractivity contribution in [3.05, 3.63) is 47.8 Å². The fourth-order valence-corrected chi connectivity index (χ4v) is 7.51. The molecule has 1 amide bonds. The number of rotatable bonds is 6. The van der Waals surface area contributed by atoms with Crippen LogP contribution in [0.15, 0.2) is 36.4 Å². The van der Waals surface area contributed by atoms with E-state index in [0.29, 0.717) is 33.6 Å². The summed E-state index contributed by atoms with van der Waals surface area (Å²) < 4.78 is 53.0. The number of hydrogen-bond donors (Lipinski definition) is 1. The lowest BCUT2D eigenvalue weighted by molar-refractivity contribution is -0.154. The first-order valence-corrected chi connectivity index (χ1v) is 13.1. The van der Waals surface area contributed by atoms with Crippen molar-refractivity contribution < 1.29 is 32.2 Å². The third-order valence-electron chi connectivity index (χ3n) is 8.75. The molecular weight excluding hydrogens is 513 g/mol. The number of fused-ring (bicyclic) bond motifs is 1. The Kier molecular flexibility index (Phi) is 6.07. The SMILES string of the molecule is COC(=O)[C@@H](NC(=O)c1cc2nc(-c3ccc(OC)cc3)cc(C(F)(F)F)n2n1)C12CC3CC(CC(C3)C1)C2. The van der Waals surface area contributed by atoms with Gasteiger partial charge in [-0.3, -0.25) is 4.79 Å². The predicted molar refractivity (Wildman–Crippen MR) is 134 cm³/mol. The molecule has 1 N–H and O–H groups in total. The van der Waals surface area contributed by atoms with Crippen LogP contribution >= 0.6 is 0 Å². The summed E-state index contributed by atoms with van der Waals surface area (Å²) >= 11 is 0. The molecule has 4 aliphatic rings. The minimum Gasteiger partial charge on any atom is -0.497 e. The number of carbonyl (C=O) groups excluding carboxylic acids is 2. The van der Waals surface area contributed by atoms with Gasteiger partial charge in [-0.1, -0.05) is 0 Å². The van der Waals surface area contributed by atoms with Crippen molar-refractivity contribution in [1.82, 2.24) is 19.9 Å². The topological polar surface area (TPSA) is 94.8 Å². The van der Waals surface area contributed by atoms with Crippen molar-refractivity contribution in [2.24, 2.45) is 23.2 Å². The predicted octanol–water partition coefficient (Wildman–Crippen LogP) is 4.91. The first-order valence-electron chi connectivity index (χ1n) is 13.1. The number of alkyl halides is 3. The van der Waals surface area contributed by atoms with Crippen molar-refractivity contribution in [2.75, 3.05) is 14.2 Å². The van der Waals surface area contributed by atoms with Crippen molar-refractivity contribution in [2.45, 2.75) is 50.7 Å². The number of benzene rings is 1. The number of carbonyl (C=O) groups is 2. The average Bonchev–Trinajstić information content (AvgIpc) is 3.33. The first-order chi connectivity index (χ1) is 18.6. The number of amides is 1. The molecule has 0 saturated heterocycles.